The van der Waals surface area contributed by atoms with Crippen LogP contribution in [0.15, 0.2) is 35.5 Å². The van der Waals surface area contributed by atoms with E-state index < -0.39 is 17.7 Å². The van der Waals surface area contributed by atoms with Gasteiger partial charge in [0.25, 0.3) is 0 Å². The number of carbonyl (C=O) groups is 2. The summed E-state index contributed by atoms with van der Waals surface area (Å²) in [5, 5.41) is 0.500. The van der Waals surface area contributed by atoms with Crippen LogP contribution < -0.4 is 0 Å². The van der Waals surface area contributed by atoms with Gasteiger partial charge in [0.05, 0.1) is 10.6 Å². The molecule has 0 N–H and O–H groups in total. The monoisotopic (exact) mass is 435 g/mol. The number of aryl methyl sites for hydroxylation is 3. The minimum absolute atomic E-state index is 0.0331. The number of ketones is 2. The summed E-state index contributed by atoms with van der Waals surface area (Å²) in [5.41, 5.74) is 3.12. The number of thioether (sulfide) groups is 1. The van der Waals surface area contributed by atoms with Gasteiger partial charge in [0.15, 0.2) is 0 Å². The van der Waals surface area contributed by atoms with Crippen molar-refractivity contribution in [1.29, 1.82) is 0 Å². The fourth-order valence-corrected chi connectivity index (χ4v) is 5.14. The number of nitrogens with zero attached hydrogens (tertiary/aromatic N) is 1. The minimum Gasteiger partial charge on any atom is -0.299 e. The number of aromatic nitrogens is 1. The van der Waals surface area contributed by atoms with Crippen LogP contribution in [0, 0.1) is 26.7 Å². The van der Waals surface area contributed by atoms with Crippen LogP contribution in [0.5, 0.6) is 0 Å². The van der Waals surface area contributed by atoms with Gasteiger partial charge in [-0.15, -0.1) is 11.8 Å². The predicted molar refractivity (Wildman–Crippen MR) is 111 cm³/mol. The lowest BCUT2D eigenvalue weighted by Gasteiger charge is -2.28. The Morgan fingerprint density at radius 1 is 1.03 bits per heavy atom. The van der Waals surface area contributed by atoms with Crippen molar-refractivity contribution in [3.05, 3.63) is 58.3 Å². The summed E-state index contributed by atoms with van der Waals surface area (Å²) in [5.74, 6) is -0.190. The molecule has 1 aliphatic rings. The molecule has 0 radical (unpaired) electrons. The fourth-order valence-electron chi connectivity index (χ4n) is 4.19. The molecule has 1 aliphatic carbocycles. The highest BCUT2D eigenvalue weighted by atomic mass is 32.2. The second-order valence-corrected chi connectivity index (χ2v) is 9.09. The first-order chi connectivity index (χ1) is 14.1. The molecule has 1 aromatic heterocycles. The number of alkyl halides is 3. The molecule has 3 rings (SSSR count). The quantitative estimate of drug-likeness (QED) is 0.437. The molecular formula is C23H24F3NO2S. The standard InChI is InChI=1S/C23H24F3NO2S/c1-13-8-14(2)21(15(3)9-13)22-18(28)10-16(11-19(22)29)6-7-30-20-5-4-17(12-27-20)23(24,25)26/h4-5,8-9,12,16,22H,6-7,10-11H2,1-3H3. The van der Waals surface area contributed by atoms with Crippen LogP contribution in [0.3, 0.4) is 0 Å². The summed E-state index contributed by atoms with van der Waals surface area (Å²) in [7, 11) is 0. The first-order valence-electron chi connectivity index (χ1n) is 9.85. The summed E-state index contributed by atoms with van der Waals surface area (Å²) < 4.78 is 37.8. The third-order valence-corrected chi connectivity index (χ3v) is 6.47. The molecule has 7 heteroatoms. The highest BCUT2D eigenvalue weighted by molar-refractivity contribution is 7.99. The van der Waals surface area contributed by atoms with Gasteiger partial charge in [-0.3, -0.25) is 9.59 Å². The van der Waals surface area contributed by atoms with E-state index in [1.54, 1.807) is 0 Å². The summed E-state index contributed by atoms with van der Waals surface area (Å²) in [6.45, 7) is 5.87. The van der Waals surface area contributed by atoms with Gasteiger partial charge in [0.2, 0.25) is 0 Å². The molecule has 0 aliphatic heterocycles. The first kappa shape index (κ1) is 22.5. The van der Waals surface area contributed by atoms with E-state index in [0.29, 0.717) is 30.0 Å². The van der Waals surface area contributed by atoms with Crippen molar-refractivity contribution in [1.82, 2.24) is 4.98 Å². The molecule has 160 valence electrons. The van der Waals surface area contributed by atoms with Gasteiger partial charge in [-0.1, -0.05) is 17.7 Å². The normalized spacial score (nSPS) is 19.9. The molecule has 30 heavy (non-hydrogen) atoms. The van der Waals surface area contributed by atoms with E-state index in [4.69, 9.17) is 0 Å². The second-order valence-electron chi connectivity index (χ2n) is 7.97. The van der Waals surface area contributed by atoms with Gasteiger partial charge in [-0.25, -0.2) is 4.98 Å². The smallest absolute Gasteiger partial charge is 0.299 e. The van der Waals surface area contributed by atoms with Gasteiger partial charge < -0.3 is 0 Å². The lowest BCUT2D eigenvalue weighted by atomic mass is 9.73. The van der Waals surface area contributed by atoms with E-state index in [1.165, 1.54) is 17.8 Å². The fraction of sp³-hybridized carbons (Fsp3) is 0.435. The Bertz CT molecular complexity index is 913. The molecule has 0 unspecified atom stereocenters. The summed E-state index contributed by atoms with van der Waals surface area (Å²) >= 11 is 1.34. The molecule has 0 saturated heterocycles. The summed E-state index contributed by atoms with van der Waals surface area (Å²) in [4.78, 5) is 29.5. The van der Waals surface area contributed by atoms with Crippen LogP contribution in [0.2, 0.25) is 0 Å². The van der Waals surface area contributed by atoms with Crippen molar-refractivity contribution in [2.75, 3.05) is 5.75 Å². The van der Waals surface area contributed by atoms with Gasteiger partial charge in [-0.05, 0) is 67.7 Å². The molecule has 0 atom stereocenters. The zero-order valence-electron chi connectivity index (χ0n) is 17.2. The van der Waals surface area contributed by atoms with Gasteiger partial charge in [-0.2, -0.15) is 13.2 Å². The number of hydrogen-bond acceptors (Lipinski definition) is 4. The average molecular weight is 436 g/mol. The van der Waals surface area contributed by atoms with E-state index in [0.717, 1.165) is 34.5 Å². The zero-order valence-corrected chi connectivity index (χ0v) is 18.0. The van der Waals surface area contributed by atoms with Crippen molar-refractivity contribution in [3.63, 3.8) is 0 Å². The second kappa shape index (κ2) is 8.92. The van der Waals surface area contributed by atoms with Gasteiger partial charge in [0.1, 0.15) is 17.5 Å². The molecule has 1 saturated carbocycles. The first-order valence-corrected chi connectivity index (χ1v) is 10.8. The van der Waals surface area contributed by atoms with Gasteiger partial charge in [0, 0.05) is 19.0 Å². The summed E-state index contributed by atoms with van der Waals surface area (Å²) in [6.07, 6.45) is -2.23. The largest absolute Gasteiger partial charge is 0.417 e. The summed E-state index contributed by atoms with van der Waals surface area (Å²) in [6, 6.07) is 6.37. The number of carbonyl (C=O) groups excluding carboxylic acids is 2. The van der Waals surface area contributed by atoms with Crippen LogP contribution in [-0.2, 0) is 15.8 Å². The number of rotatable bonds is 5. The maximum atomic E-state index is 12.8. The average Bonchev–Trinajstić information content (AvgIpc) is 2.63. The molecular weight excluding hydrogens is 411 g/mol. The van der Waals surface area contributed by atoms with Crippen LogP contribution >= 0.6 is 11.8 Å². The lowest BCUT2D eigenvalue weighted by molar-refractivity contribution is -0.138. The molecule has 1 heterocycles. The number of hydrogen-bond donors (Lipinski definition) is 0. The number of Topliss-reactive ketones (excluding diaryl/α,β-unsaturated/α-hetero) is 2. The van der Waals surface area contributed by atoms with Crippen LogP contribution in [0.4, 0.5) is 13.2 Å². The molecule has 2 aromatic rings. The zero-order chi connectivity index (χ0) is 22.1. The number of benzene rings is 1. The molecule has 1 aromatic carbocycles. The SMILES string of the molecule is Cc1cc(C)c(C2C(=O)CC(CCSc3ccc(C(F)(F)F)cn3)CC2=O)c(C)c1. The Kier molecular flexibility index (Phi) is 6.70. The number of halogens is 3. The molecule has 0 spiro atoms. The molecule has 1 fully saturated rings. The highest BCUT2D eigenvalue weighted by Gasteiger charge is 2.37. The van der Waals surface area contributed by atoms with E-state index in [-0.39, 0.29) is 17.5 Å². The van der Waals surface area contributed by atoms with E-state index >= 15 is 0 Å². The van der Waals surface area contributed by atoms with Gasteiger partial charge >= 0.3 is 6.18 Å². The van der Waals surface area contributed by atoms with Crippen LogP contribution in [0.1, 0.15) is 53.0 Å². The van der Waals surface area contributed by atoms with Crippen molar-refractivity contribution in [2.24, 2.45) is 5.92 Å². The van der Waals surface area contributed by atoms with E-state index in [9.17, 15) is 22.8 Å². The third-order valence-electron chi connectivity index (χ3n) is 5.49. The van der Waals surface area contributed by atoms with Crippen LogP contribution in [-0.4, -0.2) is 22.3 Å². The Hall–Kier alpha value is -2.15. The highest BCUT2D eigenvalue weighted by Crippen LogP contribution is 2.36. The molecule has 3 nitrogen and oxygen atoms in total. The lowest BCUT2D eigenvalue weighted by Crippen LogP contribution is -2.33. The van der Waals surface area contributed by atoms with E-state index in [2.05, 4.69) is 4.98 Å². The van der Waals surface area contributed by atoms with Crippen LogP contribution in [0.25, 0.3) is 0 Å². The third kappa shape index (κ3) is 5.12. The Labute approximate surface area is 178 Å². The number of pyridine rings is 1. The van der Waals surface area contributed by atoms with Crippen molar-refractivity contribution >= 4 is 23.3 Å². The van der Waals surface area contributed by atoms with Crippen molar-refractivity contribution in [2.45, 2.75) is 57.2 Å². The van der Waals surface area contributed by atoms with Crippen molar-refractivity contribution in [3.8, 4) is 0 Å². The minimum atomic E-state index is -4.40. The molecule has 0 bridgehead atoms. The Morgan fingerprint density at radius 3 is 2.13 bits per heavy atom. The Balaban J connectivity index is 1.59. The topological polar surface area (TPSA) is 47.0 Å². The Morgan fingerprint density at radius 2 is 1.63 bits per heavy atom. The van der Waals surface area contributed by atoms with E-state index in [1.807, 2.05) is 32.9 Å². The maximum Gasteiger partial charge on any atom is 0.417 e. The predicted octanol–water partition coefficient (Wildman–Crippen LogP) is 5.84. The van der Waals surface area contributed by atoms with Crippen molar-refractivity contribution < 1.29 is 22.8 Å². The maximum absolute atomic E-state index is 12.8. The molecule has 0 amide bonds.